The molecule has 1 aromatic carbocycles. The Hall–Kier alpha value is -2.97. The third kappa shape index (κ3) is 5.77. The third-order valence-electron chi connectivity index (χ3n) is 5.07. The minimum Gasteiger partial charge on any atom is -0.477 e. The first kappa shape index (κ1) is 21.7. The number of nitrogens with zero attached hydrogens (tertiary/aromatic N) is 2. The zero-order valence-corrected chi connectivity index (χ0v) is 17.4. The quantitative estimate of drug-likeness (QED) is 0.730. The van der Waals surface area contributed by atoms with Crippen LogP contribution in [0.2, 0.25) is 0 Å². The molecule has 1 spiro atoms. The van der Waals surface area contributed by atoms with Crippen molar-refractivity contribution in [1.82, 2.24) is 4.90 Å². The highest BCUT2D eigenvalue weighted by molar-refractivity contribution is 7.09. The normalized spacial score (nSPS) is 17.2. The predicted molar refractivity (Wildman–Crippen MR) is 117 cm³/mol. The topological polar surface area (TPSA) is 105 Å². The molecule has 1 aromatic heterocycles. The molecule has 1 fully saturated rings. The van der Waals surface area contributed by atoms with Gasteiger partial charge in [-0.2, -0.15) is 0 Å². The van der Waals surface area contributed by atoms with Gasteiger partial charge < -0.3 is 20.6 Å². The maximum absolute atomic E-state index is 12.2. The number of oxime groups is 1. The van der Waals surface area contributed by atoms with Crippen molar-refractivity contribution in [1.29, 1.82) is 0 Å². The molecule has 0 aliphatic carbocycles. The highest BCUT2D eigenvalue weighted by Crippen LogP contribution is 2.34. The van der Waals surface area contributed by atoms with Gasteiger partial charge in [0.2, 0.25) is 5.91 Å². The van der Waals surface area contributed by atoms with Crippen LogP contribution >= 0.6 is 11.3 Å². The smallest absolute Gasteiger partial charge is 0.353 e. The van der Waals surface area contributed by atoms with Crippen LogP contribution in [0.25, 0.3) is 6.08 Å². The summed E-state index contributed by atoms with van der Waals surface area (Å²) in [6, 6.07) is 13.7. The van der Waals surface area contributed by atoms with E-state index in [0.717, 1.165) is 5.56 Å². The molecule has 1 amide bonds. The van der Waals surface area contributed by atoms with E-state index in [1.807, 2.05) is 47.8 Å². The first-order valence-corrected chi connectivity index (χ1v) is 10.6. The summed E-state index contributed by atoms with van der Waals surface area (Å²) in [5.74, 6) is -1.08. The Kier molecular flexibility index (Phi) is 7.37. The lowest BCUT2D eigenvalue weighted by atomic mass is 9.87. The molecule has 8 heteroatoms. The molecule has 7 nitrogen and oxygen atoms in total. The van der Waals surface area contributed by atoms with Crippen molar-refractivity contribution >= 4 is 35.0 Å². The molecule has 2 aromatic rings. The first-order valence-electron chi connectivity index (χ1n) is 9.74. The van der Waals surface area contributed by atoms with Gasteiger partial charge in [-0.1, -0.05) is 41.6 Å². The van der Waals surface area contributed by atoms with Gasteiger partial charge >= 0.3 is 5.97 Å². The van der Waals surface area contributed by atoms with Crippen LogP contribution in [0.4, 0.5) is 0 Å². The second-order valence-electron chi connectivity index (χ2n) is 7.15. The minimum absolute atomic E-state index is 0.0407. The van der Waals surface area contributed by atoms with Crippen molar-refractivity contribution < 1.29 is 19.5 Å². The molecule has 1 saturated heterocycles. The number of carbonyl (C=O) groups excluding carboxylic acids is 1. The average molecular weight is 428 g/mol. The Morgan fingerprint density at radius 1 is 1.20 bits per heavy atom. The predicted octanol–water partition coefficient (Wildman–Crippen LogP) is 3.13. The van der Waals surface area contributed by atoms with Crippen LogP contribution in [0, 0.1) is 0 Å². The Morgan fingerprint density at radius 3 is 2.47 bits per heavy atom. The van der Waals surface area contributed by atoms with Crippen molar-refractivity contribution in [3.8, 4) is 0 Å². The zero-order valence-electron chi connectivity index (χ0n) is 16.6. The number of thiophene rings is 1. The van der Waals surface area contributed by atoms with Crippen molar-refractivity contribution in [2.75, 3.05) is 13.1 Å². The number of hydrogen-bond donors (Lipinski definition) is 2. The number of piperidine rings is 1. The van der Waals surface area contributed by atoms with E-state index in [2.05, 4.69) is 5.16 Å². The maximum Gasteiger partial charge on any atom is 0.353 e. The largest absolute Gasteiger partial charge is 0.477 e. The molecule has 30 heavy (non-hydrogen) atoms. The van der Waals surface area contributed by atoms with Gasteiger partial charge in [0.05, 0.1) is 0 Å². The van der Waals surface area contributed by atoms with Gasteiger partial charge in [-0.15, -0.1) is 11.3 Å². The molecule has 0 atom stereocenters. The lowest BCUT2D eigenvalue weighted by Crippen LogP contribution is -2.46. The Labute approximate surface area is 179 Å². The highest BCUT2D eigenvalue weighted by atomic mass is 32.1. The van der Waals surface area contributed by atoms with Gasteiger partial charge in [-0.25, -0.2) is 4.79 Å². The van der Waals surface area contributed by atoms with E-state index >= 15 is 0 Å². The standard InChI is InChI=1S/C17H18N2O4.C5H7NS/c20-15(7-6-13-4-2-1-3-5-13)19-10-8-17(9-11-19)12-14(16(21)22)18-23-17;6-4-5-2-1-3-7-5/h1-7H,8-12H2,(H,21,22);1-3H,4,6H2. The summed E-state index contributed by atoms with van der Waals surface area (Å²) in [5, 5.41) is 14.6. The van der Waals surface area contributed by atoms with E-state index < -0.39 is 11.6 Å². The highest BCUT2D eigenvalue weighted by Gasteiger charge is 2.44. The molecule has 0 unspecified atom stereocenters. The van der Waals surface area contributed by atoms with E-state index in [4.69, 9.17) is 15.7 Å². The summed E-state index contributed by atoms with van der Waals surface area (Å²) in [6.07, 6.45) is 4.87. The van der Waals surface area contributed by atoms with Crippen LogP contribution < -0.4 is 5.73 Å². The van der Waals surface area contributed by atoms with E-state index in [1.54, 1.807) is 28.4 Å². The number of rotatable bonds is 4. The molecular formula is C22H25N3O4S. The van der Waals surface area contributed by atoms with Gasteiger partial charge in [0, 0.05) is 49.8 Å². The number of carbonyl (C=O) groups is 2. The molecule has 158 valence electrons. The fraction of sp³-hybridized carbons (Fsp3) is 0.318. The van der Waals surface area contributed by atoms with Gasteiger partial charge in [-0.3, -0.25) is 4.79 Å². The number of amides is 1. The molecule has 0 saturated carbocycles. The van der Waals surface area contributed by atoms with Crippen LogP contribution in [0.15, 0.2) is 59.1 Å². The monoisotopic (exact) mass is 427 g/mol. The van der Waals surface area contributed by atoms with E-state index in [0.29, 0.717) is 38.9 Å². The van der Waals surface area contributed by atoms with Crippen molar-refractivity contribution in [2.45, 2.75) is 31.4 Å². The molecular weight excluding hydrogens is 402 g/mol. The van der Waals surface area contributed by atoms with Gasteiger partial charge in [0.1, 0.15) is 5.60 Å². The molecule has 4 rings (SSSR count). The number of aliphatic carboxylic acids is 1. The number of likely N-dealkylation sites (tertiary alicyclic amines) is 1. The molecule has 3 heterocycles. The zero-order chi connectivity index (χ0) is 21.4. The summed E-state index contributed by atoms with van der Waals surface area (Å²) in [7, 11) is 0. The maximum atomic E-state index is 12.2. The number of carboxylic acid groups (broad SMARTS) is 1. The molecule has 0 bridgehead atoms. The number of hydrogen-bond acceptors (Lipinski definition) is 6. The average Bonchev–Trinajstić information content (AvgIpc) is 3.44. The fourth-order valence-corrected chi connectivity index (χ4v) is 3.89. The minimum atomic E-state index is -1.04. The van der Waals surface area contributed by atoms with Crippen molar-refractivity contribution in [3.05, 3.63) is 64.4 Å². The van der Waals surface area contributed by atoms with E-state index in [1.165, 1.54) is 4.88 Å². The first-order chi connectivity index (χ1) is 14.5. The molecule has 2 aliphatic rings. The molecule has 0 radical (unpaired) electrons. The van der Waals surface area contributed by atoms with Crippen LogP contribution in [0.3, 0.4) is 0 Å². The fourth-order valence-electron chi connectivity index (χ4n) is 3.30. The lowest BCUT2D eigenvalue weighted by Gasteiger charge is -2.36. The van der Waals surface area contributed by atoms with Crippen LogP contribution in [-0.4, -0.2) is 46.3 Å². The lowest BCUT2D eigenvalue weighted by molar-refractivity contribution is -0.132. The second kappa shape index (κ2) is 10.2. The van der Waals surface area contributed by atoms with Crippen molar-refractivity contribution in [3.63, 3.8) is 0 Å². The SMILES string of the molecule is NCc1cccs1.O=C(O)C1=NOC2(CCN(C(=O)C=Cc3ccccc3)CC2)C1. The summed E-state index contributed by atoms with van der Waals surface area (Å²) in [6.45, 7) is 1.76. The van der Waals surface area contributed by atoms with Crippen LogP contribution in [-0.2, 0) is 21.0 Å². The van der Waals surface area contributed by atoms with Crippen LogP contribution in [0.1, 0.15) is 29.7 Å². The number of nitrogens with two attached hydrogens (primary N) is 1. The molecule has 2 aliphatic heterocycles. The summed E-state index contributed by atoms with van der Waals surface area (Å²) in [4.78, 5) is 31.5. The summed E-state index contributed by atoms with van der Waals surface area (Å²) < 4.78 is 0. The van der Waals surface area contributed by atoms with Crippen molar-refractivity contribution in [2.24, 2.45) is 10.9 Å². The van der Waals surface area contributed by atoms with Gasteiger partial charge in [0.25, 0.3) is 0 Å². The van der Waals surface area contributed by atoms with Gasteiger partial charge in [0.15, 0.2) is 5.71 Å². The van der Waals surface area contributed by atoms with E-state index in [9.17, 15) is 9.59 Å². The summed E-state index contributed by atoms with van der Waals surface area (Å²) >= 11 is 1.70. The third-order valence-corrected chi connectivity index (χ3v) is 5.97. The van der Waals surface area contributed by atoms with E-state index in [-0.39, 0.29) is 11.6 Å². The Bertz CT molecular complexity index is 902. The number of carboxylic acids is 1. The Morgan fingerprint density at radius 2 is 1.93 bits per heavy atom. The number of benzene rings is 1. The van der Waals surface area contributed by atoms with Crippen LogP contribution in [0.5, 0.6) is 0 Å². The summed E-state index contributed by atoms with van der Waals surface area (Å²) in [5.41, 5.74) is 5.80. The Balaban J connectivity index is 0.000000310. The molecule has 3 N–H and O–H groups in total. The van der Waals surface area contributed by atoms with Gasteiger partial charge in [-0.05, 0) is 23.1 Å². The second-order valence-corrected chi connectivity index (χ2v) is 8.18.